The highest BCUT2D eigenvalue weighted by Crippen LogP contribution is 2.29. The van der Waals surface area contributed by atoms with Crippen LogP contribution in [0.5, 0.6) is 0 Å². The molecule has 0 bridgehead atoms. The largest absolute Gasteiger partial charge is 0.368 e. The third-order valence-electron chi connectivity index (χ3n) is 4.88. The minimum atomic E-state index is -0.367. The molecule has 3 rings (SSSR count). The van der Waals surface area contributed by atoms with E-state index in [2.05, 4.69) is 27.7 Å². The molecule has 1 aliphatic heterocycles. The second-order valence-corrected chi connectivity index (χ2v) is 6.71. The Morgan fingerprint density at radius 2 is 2.04 bits per heavy atom. The van der Waals surface area contributed by atoms with Crippen molar-refractivity contribution in [2.24, 2.45) is 5.73 Å². The monoisotopic (exact) mass is 326 g/mol. The second kappa shape index (κ2) is 7.18. The van der Waals surface area contributed by atoms with Crippen molar-refractivity contribution in [1.29, 1.82) is 0 Å². The number of hydrogen-bond donors (Lipinski definition) is 1. The van der Waals surface area contributed by atoms with Gasteiger partial charge in [-0.05, 0) is 44.9 Å². The SMILES string of the molecule is Cc1cc(C)n(C[C@@H]2CCCCN2[C@H](C(N)=O)c2ccccc2)n1. The number of hydrogen-bond acceptors (Lipinski definition) is 3. The van der Waals surface area contributed by atoms with Crippen molar-refractivity contribution in [3.05, 3.63) is 53.3 Å². The number of aromatic nitrogens is 2. The minimum absolute atomic E-state index is 0.273. The molecule has 24 heavy (non-hydrogen) atoms. The maximum atomic E-state index is 12.2. The standard InChI is InChI=1S/C19H26N4O/c1-14-12-15(2)23(21-14)13-17-10-6-7-11-22(17)18(19(20)24)16-8-4-3-5-9-16/h3-5,8-9,12,17-18H,6-7,10-11,13H2,1-2H3,(H2,20,24)/t17-,18-/m0/s1. The number of rotatable bonds is 5. The molecule has 0 radical (unpaired) electrons. The quantitative estimate of drug-likeness (QED) is 0.918. The molecule has 0 spiro atoms. The van der Waals surface area contributed by atoms with Crippen LogP contribution in [-0.4, -0.2) is 33.2 Å². The summed E-state index contributed by atoms with van der Waals surface area (Å²) in [6, 6.07) is 11.9. The average molecular weight is 326 g/mol. The van der Waals surface area contributed by atoms with Crippen LogP contribution in [0.3, 0.4) is 0 Å². The Bertz CT molecular complexity index is 695. The summed E-state index contributed by atoms with van der Waals surface area (Å²) in [5.41, 5.74) is 8.96. The van der Waals surface area contributed by atoms with Crippen LogP contribution >= 0.6 is 0 Å². The lowest BCUT2D eigenvalue weighted by Crippen LogP contribution is -2.48. The van der Waals surface area contributed by atoms with Gasteiger partial charge >= 0.3 is 0 Å². The molecule has 5 nitrogen and oxygen atoms in total. The van der Waals surface area contributed by atoms with E-state index in [1.54, 1.807) is 0 Å². The first kappa shape index (κ1) is 16.7. The molecular formula is C19H26N4O. The van der Waals surface area contributed by atoms with Crippen LogP contribution in [-0.2, 0) is 11.3 Å². The van der Waals surface area contributed by atoms with Gasteiger partial charge in [0.05, 0.1) is 12.2 Å². The Balaban J connectivity index is 1.87. The lowest BCUT2D eigenvalue weighted by Gasteiger charge is -2.40. The second-order valence-electron chi connectivity index (χ2n) is 6.71. The van der Waals surface area contributed by atoms with Gasteiger partial charge < -0.3 is 5.73 Å². The lowest BCUT2D eigenvalue weighted by atomic mass is 9.95. The summed E-state index contributed by atoms with van der Waals surface area (Å²) in [6.07, 6.45) is 3.35. The number of piperidine rings is 1. The molecule has 128 valence electrons. The van der Waals surface area contributed by atoms with Gasteiger partial charge in [0, 0.05) is 11.7 Å². The Labute approximate surface area is 143 Å². The molecule has 0 unspecified atom stereocenters. The molecule has 2 N–H and O–H groups in total. The summed E-state index contributed by atoms with van der Waals surface area (Å²) in [7, 11) is 0. The Hall–Kier alpha value is -2.14. The fraction of sp³-hybridized carbons (Fsp3) is 0.474. The van der Waals surface area contributed by atoms with E-state index >= 15 is 0 Å². The number of amides is 1. The number of likely N-dealkylation sites (tertiary alicyclic amines) is 1. The van der Waals surface area contributed by atoms with E-state index in [1.165, 1.54) is 6.42 Å². The van der Waals surface area contributed by atoms with E-state index < -0.39 is 0 Å². The van der Waals surface area contributed by atoms with E-state index in [0.717, 1.165) is 42.9 Å². The van der Waals surface area contributed by atoms with Gasteiger partial charge in [-0.1, -0.05) is 36.8 Å². The molecule has 1 saturated heterocycles. The molecule has 0 aliphatic carbocycles. The highest BCUT2D eigenvalue weighted by Gasteiger charge is 2.33. The van der Waals surface area contributed by atoms with Crippen molar-refractivity contribution < 1.29 is 4.79 Å². The maximum Gasteiger partial charge on any atom is 0.239 e. The predicted octanol–water partition coefficient (Wildman–Crippen LogP) is 2.58. The molecule has 1 fully saturated rings. The van der Waals surface area contributed by atoms with Gasteiger partial charge in [-0.2, -0.15) is 5.10 Å². The average Bonchev–Trinajstić information content (AvgIpc) is 2.87. The number of carbonyl (C=O) groups excluding carboxylic acids is 1. The molecule has 0 saturated carbocycles. The van der Waals surface area contributed by atoms with Gasteiger partial charge in [-0.3, -0.25) is 14.4 Å². The van der Waals surface area contributed by atoms with E-state index in [0.29, 0.717) is 0 Å². The van der Waals surface area contributed by atoms with Crippen LogP contribution < -0.4 is 5.73 Å². The Kier molecular flexibility index (Phi) is 5.00. The zero-order valence-corrected chi connectivity index (χ0v) is 14.5. The van der Waals surface area contributed by atoms with E-state index in [1.807, 2.05) is 37.3 Å². The maximum absolute atomic E-state index is 12.2. The third-order valence-corrected chi connectivity index (χ3v) is 4.88. The van der Waals surface area contributed by atoms with Gasteiger partial charge in [-0.25, -0.2) is 0 Å². The van der Waals surface area contributed by atoms with Gasteiger partial charge in [0.1, 0.15) is 6.04 Å². The summed E-state index contributed by atoms with van der Waals surface area (Å²) in [5, 5.41) is 4.59. The van der Waals surface area contributed by atoms with Crippen LogP contribution in [0.15, 0.2) is 36.4 Å². The highest BCUT2D eigenvalue weighted by molar-refractivity contribution is 5.81. The summed E-state index contributed by atoms with van der Waals surface area (Å²) < 4.78 is 2.06. The topological polar surface area (TPSA) is 64.2 Å². The van der Waals surface area contributed by atoms with Gasteiger partial charge in [0.2, 0.25) is 5.91 Å². The number of benzene rings is 1. The van der Waals surface area contributed by atoms with Crippen molar-refractivity contribution in [2.75, 3.05) is 6.54 Å². The first-order valence-electron chi connectivity index (χ1n) is 8.67. The number of primary amides is 1. The smallest absolute Gasteiger partial charge is 0.239 e. The number of aryl methyl sites for hydroxylation is 2. The first-order chi connectivity index (χ1) is 11.6. The highest BCUT2D eigenvalue weighted by atomic mass is 16.1. The lowest BCUT2D eigenvalue weighted by molar-refractivity contribution is -0.125. The molecule has 2 atom stereocenters. The van der Waals surface area contributed by atoms with Crippen LogP contribution in [0.25, 0.3) is 0 Å². The third kappa shape index (κ3) is 3.51. The van der Waals surface area contributed by atoms with E-state index in [4.69, 9.17) is 5.73 Å². The van der Waals surface area contributed by atoms with E-state index in [-0.39, 0.29) is 18.0 Å². The molecule has 1 aromatic heterocycles. The van der Waals surface area contributed by atoms with Crippen molar-refractivity contribution >= 4 is 5.91 Å². The van der Waals surface area contributed by atoms with Crippen LogP contribution in [0.4, 0.5) is 0 Å². The minimum Gasteiger partial charge on any atom is -0.368 e. The van der Waals surface area contributed by atoms with Crippen LogP contribution in [0, 0.1) is 13.8 Å². The van der Waals surface area contributed by atoms with E-state index in [9.17, 15) is 4.79 Å². The molecule has 2 aromatic rings. The van der Waals surface area contributed by atoms with Crippen LogP contribution in [0.1, 0.15) is 42.3 Å². The molecule has 1 amide bonds. The normalized spacial score (nSPS) is 20.0. The number of nitrogens with two attached hydrogens (primary N) is 1. The summed E-state index contributed by atoms with van der Waals surface area (Å²) >= 11 is 0. The fourth-order valence-corrected chi connectivity index (χ4v) is 3.77. The first-order valence-corrected chi connectivity index (χ1v) is 8.67. The van der Waals surface area contributed by atoms with Gasteiger partial charge in [-0.15, -0.1) is 0 Å². The molecule has 5 heteroatoms. The van der Waals surface area contributed by atoms with Crippen molar-refractivity contribution in [3.8, 4) is 0 Å². The molecule has 1 aliphatic rings. The number of carbonyl (C=O) groups is 1. The van der Waals surface area contributed by atoms with Crippen molar-refractivity contribution in [1.82, 2.24) is 14.7 Å². The number of nitrogens with zero attached hydrogens (tertiary/aromatic N) is 3. The summed E-state index contributed by atoms with van der Waals surface area (Å²) in [5.74, 6) is -0.276. The van der Waals surface area contributed by atoms with Crippen LogP contribution in [0.2, 0.25) is 0 Å². The Morgan fingerprint density at radius 3 is 2.67 bits per heavy atom. The summed E-state index contributed by atoms with van der Waals surface area (Å²) in [6.45, 7) is 5.79. The molecular weight excluding hydrogens is 300 g/mol. The van der Waals surface area contributed by atoms with Gasteiger partial charge in [0.15, 0.2) is 0 Å². The summed E-state index contributed by atoms with van der Waals surface area (Å²) in [4.78, 5) is 14.5. The van der Waals surface area contributed by atoms with Crippen molar-refractivity contribution in [2.45, 2.75) is 51.7 Å². The van der Waals surface area contributed by atoms with Gasteiger partial charge in [0.25, 0.3) is 0 Å². The Morgan fingerprint density at radius 1 is 1.29 bits per heavy atom. The van der Waals surface area contributed by atoms with Crippen molar-refractivity contribution in [3.63, 3.8) is 0 Å². The zero-order chi connectivity index (χ0) is 17.1. The molecule has 1 aromatic carbocycles. The predicted molar refractivity (Wildman–Crippen MR) is 94.4 cm³/mol. The fourth-order valence-electron chi connectivity index (χ4n) is 3.77. The molecule has 2 heterocycles. The zero-order valence-electron chi connectivity index (χ0n) is 14.5.